The lowest BCUT2D eigenvalue weighted by Gasteiger charge is -2.22. The molecule has 0 bridgehead atoms. The monoisotopic (exact) mass is 460 g/mol. The number of aliphatic imine (C=N–C) groups is 1. The van der Waals surface area contributed by atoms with Crippen LogP contribution in [0.15, 0.2) is 77.8 Å². The van der Waals surface area contributed by atoms with E-state index in [1.807, 2.05) is 0 Å². The number of rotatable bonds is 7. The highest BCUT2D eigenvalue weighted by Gasteiger charge is 2.22. The normalized spacial score (nSPS) is 14.7. The van der Waals surface area contributed by atoms with Crippen LogP contribution in [0.2, 0.25) is 0 Å². The summed E-state index contributed by atoms with van der Waals surface area (Å²) in [5.41, 5.74) is 10.3. The average Bonchev–Trinajstić information content (AvgIpc) is 3.57. The summed E-state index contributed by atoms with van der Waals surface area (Å²) in [6.45, 7) is 1.95. The van der Waals surface area contributed by atoms with Gasteiger partial charge in [-0.05, 0) is 71.7 Å². The number of allylic oxidation sites excluding steroid dienone is 1. The van der Waals surface area contributed by atoms with Gasteiger partial charge in [-0.2, -0.15) is 5.21 Å². The quantitative estimate of drug-likeness (QED) is 0.407. The van der Waals surface area contributed by atoms with Gasteiger partial charge in [-0.3, -0.25) is 4.99 Å². The topological polar surface area (TPSA) is 70.1 Å². The largest absolute Gasteiger partial charge is 0.366 e. The Balaban J connectivity index is 1.17. The Hall–Kier alpha value is -4.06. The van der Waals surface area contributed by atoms with E-state index >= 15 is 0 Å². The van der Waals surface area contributed by atoms with Crippen LogP contribution in [0.25, 0.3) is 6.08 Å². The molecule has 1 N–H and O–H groups in total. The van der Waals surface area contributed by atoms with E-state index in [0.29, 0.717) is 0 Å². The second kappa shape index (κ2) is 9.66. The smallest absolute Gasteiger partial charge is 0.174 e. The standard InChI is InChI=1S/C29H28N6/c1-2-10-27-23(7-1)12-15-26(30-27)14-11-21-5-3-6-22(19-21)20-35-18-17-25-9-4-8-24(29(25)35)13-16-28-31-33-34-32-28/h1-11,14,19H,12-13,15-18,20H2,(H,31,32,33,34)/b14-11+. The second-order valence-corrected chi connectivity index (χ2v) is 9.23. The molecule has 1 aromatic heterocycles. The van der Waals surface area contributed by atoms with E-state index in [1.54, 1.807) is 0 Å². The SMILES string of the molecule is C(=C\c1cccc(CN2CCc3cccc(CCc4nn[nH]n4)c32)c1)/C1=Nc2ccccc2CC1. The zero-order valence-corrected chi connectivity index (χ0v) is 19.7. The molecule has 6 heteroatoms. The molecule has 0 spiro atoms. The molecule has 2 aliphatic heterocycles. The highest BCUT2D eigenvalue weighted by molar-refractivity contribution is 6.01. The third-order valence-corrected chi connectivity index (χ3v) is 6.88. The van der Waals surface area contributed by atoms with Gasteiger partial charge in [0.15, 0.2) is 5.82 Å². The highest BCUT2D eigenvalue weighted by atomic mass is 15.5. The van der Waals surface area contributed by atoms with Crippen LogP contribution in [-0.4, -0.2) is 32.9 Å². The van der Waals surface area contributed by atoms with Gasteiger partial charge in [0.2, 0.25) is 0 Å². The van der Waals surface area contributed by atoms with E-state index in [4.69, 9.17) is 4.99 Å². The zero-order chi connectivity index (χ0) is 23.5. The summed E-state index contributed by atoms with van der Waals surface area (Å²) in [5, 5.41) is 14.4. The van der Waals surface area contributed by atoms with Crippen molar-refractivity contribution in [3.05, 3.63) is 106 Å². The molecule has 0 fully saturated rings. The molecular formula is C29H28N6. The number of aromatic nitrogens is 4. The second-order valence-electron chi connectivity index (χ2n) is 9.23. The molecule has 4 aromatic rings. The molecule has 6 rings (SSSR count). The van der Waals surface area contributed by atoms with Gasteiger partial charge in [-0.1, -0.05) is 65.9 Å². The maximum atomic E-state index is 4.84. The van der Waals surface area contributed by atoms with E-state index < -0.39 is 0 Å². The molecule has 3 heterocycles. The molecule has 0 saturated carbocycles. The van der Waals surface area contributed by atoms with Crippen molar-refractivity contribution in [2.75, 3.05) is 11.4 Å². The van der Waals surface area contributed by atoms with E-state index in [1.165, 1.54) is 33.5 Å². The summed E-state index contributed by atoms with van der Waals surface area (Å²) < 4.78 is 0. The predicted octanol–water partition coefficient (Wildman–Crippen LogP) is 5.28. The summed E-state index contributed by atoms with van der Waals surface area (Å²) in [4.78, 5) is 7.36. The third-order valence-electron chi connectivity index (χ3n) is 6.88. The molecule has 6 nitrogen and oxygen atoms in total. The summed E-state index contributed by atoms with van der Waals surface area (Å²) in [5.74, 6) is 0.762. The van der Waals surface area contributed by atoms with Gasteiger partial charge in [0.05, 0.1) is 5.69 Å². The van der Waals surface area contributed by atoms with Crippen LogP contribution in [0, 0.1) is 0 Å². The third kappa shape index (κ3) is 4.78. The highest BCUT2D eigenvalue weighted by Crippen LogP contribution is 2.34. The molecule has 35 heavy (non-hydrogen) atoms. The number of para-hydroxylation sites is 2. The van der Waals surface area contributed by atoms with Gasteiger partial charge in [0.25, 0.3) is 0 Å². The molecule has 0 radical (unpaired) electrons. The van der Waals surface area contributed by atoms with Gasteiger partial charge >= 0.3 is 0 Å². The molecular weight excluding hydrogens is 432 g/mol. The van der Waals surface area contributed by atoms with Crippen molar-refractivity contribution in [3.63, 3.8) is 0 Å². The number of hydrogen-bond donors (Lipinski definition) is 1. The Labute approximate surface area is 205 Å². The Morgan fingerprint density at radius 2 is 1.77 bits per heavy atom. The van der Waals surface area contributed by atoms with E-state index in [9.17, 15) is 0 Å². The van der Waals surface area contributed by atoms with Gasteiger partial charge in [0.1, 0.15) is 0 Å². The predicted molar refractivity (Wildman–Crippen MR) is 140 cm³/mol. The number of nitrogens with zero attached hydrogens (tertiary/aromatic N) is 5. The first kappa shape index (κ1) is 21.5. The summed E-state index contributed by atoms with van der Waals surface area (Å²) >= 11 is 0. The molecule has 2 aliphatic rings. The van der Waals surface area contributed by atoms with Gasteiger partial charge < -0.3 is 4.90 Å². The molecule has 0 saturated heterocycles. The van der Waals surface area contributed by atoms with Crippen LogP contribution in [0.4, 0.5) is 11.4 Å². The average molecular weight is 461 g/mol. The first-order valence-corrected chi connectivity index (χ1v) is 12.3. The van der Waals surface area contributed by atoms with Crippen LogP contribution in [0.5, 0.6) is 0 Å². The van der Waals surface area contributed by atoms with E-state index in [0.717, 1.165) is 62.4 Å². The van der Waals surface area contributed by atoms with Crippen molar-refractivity contribution in [1.82, 2.24) is 20.6 Å². The summed E-state index contributed by atoms with van der Waals surface area (Å²) in [7, 11) is 0. The molecule has 174 valence electrons. The van der Waals surface area contributed by atoms with Crippen molar-refractivity contribution in [1.29, 1.82) is 0 Å². The fraction of sp³-hybridized carbons (Fsp3) is 0.241. The number of benzene rings is 3. The molecule has 3 aromatic carbocycles. The first-order valence-electron chi connectivity index (χ1n) is 12.3. The van der Waals surface area contributed by atoms with Crippen molar-refractivity contribution < 1.29 is 0 Å². The summed E-state index contributed by atoms with van der Waals surface area (Å²) in [6, 6.07) is 24.0. The Morgan fingerprint density at radius 1 is 0.857 bits per heavy atom. The number of fused-ring (bicyclic) bond motifs is 2. The molecule has 0 unspecified atom stereocenters. The fourth-order valence-corrected chi connectivity index (χ4v) is 5.15. The first-order chi connectivity index (χ1) is 17.3. The number of hydrogen-bond acceptors (Lipinski definition) is 5. The lowest BCUT2D eigenvalue weighted by atomic mass is 10.0. The van der Waals surface area contributed by atoms with Crippen LogP contribution in [0.1, 0.15) is 40.1 Å². The molecule has 0 atom stereocenters. The maximum absolute atomic E-state index is 4.84. The van der Waals surface area contributed by atoms with E-state index in [-0.39, 0.29) is 0 Å². The lowest BCUT2D eigenvalue weighted by Crippen LogP contribution is -2.21. The van der Waals surface area contributed by atoms with Crippen molar-refractivity contribution in [3.8, 4) is 0 Å². The van der Waals surface area contributed by atoms with Crippen LogP contribution >= 0.6 is 0 Å². The minimum atomic E-state index is 0.762. The van der Waals surface area contributed by atoms with Crippen molar-refractivity contribution in [2.45, 2.75) is 38.6 Å². The Bertz CT molecular complexity index is 1390. The van der Waals surface area contributed by atoms with Gasteiger partial charge in [0, 0.05) is 30.9 Å². The Kier molecular flexibility index (Phi) is 5.93. The molecule has 0 aliphatic carbocycles. The van der Waals surface area contributed by atoms with Crippen LogP contribution < -0.4 is 4.90 Å². The number of tetrazole rings is 1. The van der Waals surface area contributed by atoms with Crippen molar-refractivity contribution >= 4 is 23.2 Å². The molecule has 0 amide bonds. The minimum absolute atomic E-state index is 0.762. The number of aromatic amines is 1. The van der Waals surface area contributed by atoms with Gasteiger partial charge in [-0.25, -0.2) is 0 Å². The van der Waals surface area contributed by atoms with Crippen molar-refractivity contribution in [2.24, 2.45) is 4.99 Å². The van der Waals surface area contributed by atoms with Crippen LogP contribution in [0.3, 0.4) is 0 Å². The number of anilines is 1. The Morgan fingerprint density at radius 3 is 2.71 bits per heavy atom. The number of aryl methyl sites for hydroxylation is 3. The van der Waals surface area contributed by atoms with Gasteiger partial charge in [-0.15, -0.1) is 10.2 Å². The van der Waals surface area contributed by atoms with E-state index in [2.05, 4.69) is 104 Å². The maximum Gasteiger partial charge on any atom is 0.174 e. The number of H-pyrrole nitrogens is 1. The lowest BCUT2D eigenvalue weighted by molar-refractivity contribution is 0.819. The number of nitrogens with one attached hydrogen (secondary N) is 1. The minimum Gasteiger partial charge on any atom is -0.366 e. The van der Waals surface area contributed by atoms with Crippen LogP contribution in [-0.2, 0) is 32.2 Å². The fourth-order valence-electron chi connectivity index (χ4n) is 5.15. The summed E-state index contributed by atoms with van der Waals surface area (Å²) in [6.07, 6.45) is 9.21. The zero-order valence-electron chi connectivity index (χ0n) is 19.7.